The molecule has 0 atom stereocenters. The van der Waals surface area contributed by atoms with Gasteiger partial charge in [0, 0.05) is 25.6 Å². The van der Waals surface area contributed by atoms with Gasteiger partial charge in [0.15, 0.2) is 0 Å². The summed E-state index contributed by atoms with van der Waals surface area (Å²) >= 11 is 0. The highest BCUT2D eigenvalue weighted by Gasteiger charge is 2.17. The highest BCUT2D eigenvalue weighted by molar-refractivity contribution is 6.02. The van der Waals surface area contributed by atoms with Crippen molar-refractivity contribution in [3.8, 4) is 0 Å². The highest BCUT2D eigenvalue weighted by atomic mass is 16.5. The third-order valence-electron chi connectivity index (χ3n) is 3.26. The first kappa shape index (κ1) is 12.7. The highest BCUT2D eigenvalue weighted by Crippen LogP contribution is 2.21. The maximum absolute atomic E-state index is 11.9. The fourth-order valence-electron chi connectivity index (χ4n) is 2.20. The van der Waals surface area contributed by atoms with Crippen LogP contribution in [0, 0.1) is 0 Å². The summed E-state index contributed by atoms with van der Waals surface area (Å²) in [5.74, 6) is -0.380. The third-order valence-corrected chi connectivity index (χ3v) is 3.26. The van der Waals surface area contributed by atoms with Gasteiger partial charge in [0.2, 0.25) is 0 Å². The van der Waals surface area contributed by atoms with Crippen molar-refractivity contribution >= 4 is 11.6 Å². The van der Waals surface area contributed by atoms with E-state index in [4.69, 9.17) is 4.74 Å². The number of imidazole rings is 1. The lowest BCUT2D eigenvalue weighted by molar-refractivity contribution is 0.0662. The van der Waals surface area contributed by atoms with Gasteiger partial charge in [-0.2, -0.15) is 5.10 Å². The maximum Gasteiger partial charge on any atom is 0.323 e. The zero-order valence-corrected chi connectivity index (χ0v) is 10.8. The van der Waals surface area contributed by atoms with E-state index < -0.39 is 5.69 Å². The lowest BCUT2D eigenvalue weighted by Crippen LogP contribution is -2.19. The number of ether oxygens (including phenoxy) is 1. The average molecular weight is 277 g/mol. The summed E-state index contributed by atoms with van der Waals surface area (Å²) in [5, 5.41) is 6.95. The molecule has 1 amide bonds. The molecule has 3 heterocycles. The molecule has 106 valence electrons. The van der Waals surface area contributed by atoms with Crippen LogP contribution in [0.3, 0.4) is 0 Å². The molecule has 0 radical (unpaired) electrons. The van der Waals surface area contributed by atoms with Crippen LogP contribution in [-0.4, -0.2) is 38.9 Å². The number of H-pyrrole nitrogens is 2. The Morgan fingerprint density at radius 1 is 1.45 bits per heavy atom. The molecule has 2 aromatic heterocycles. The molecule has 8 heteroatoms. The summed E-state index contributed by atoms with van der Waals surface area (Å²) in [7, 11) is 0. The Morgan fingerprint density at radius 3 is 2.95 bits per heavy atom. The van der Waals surface area contributed by atoms with Gasteiger partial charge in [-0.15, -0.1) is 0 Å². The van der Waals surface area contributed by atoms with Crippen LogP contribution in [-0.2, 0) is 4.74 Å². The van der Waals surface area contributed by atoms with Gasteiger partial charge in [-0.3, -0.25) is 9.48 Å². The van der Waals surface area contributed by atoms with Crippen molar-refractivity contribution in [3.63, 3.8) is 0 Å². The lowest BCUT2D eigenvalue weighted by atomic mass is 10.1. The summed E-state index contributed by atoms with van der Waals surface area (Å²) in [4.78, 5) is 27.6. The number of aromatic nitrogens is 4. The quantitative estimate of drug-likeness (QED) is 0.759. The molecule has 3 N–H and O–H groups in total. The molecule has 1 aliphatic heterocycles. The van der Waals surface area contributed by atoms with Crippen LogP contribution in [0.25, 0.3) is 0 Å². The van der Waals surface area contributed by atoms with Gasteiger partial charge in [-0.05, 0) is 12.8 Å². The Bertz CT molecular complexity index is 650. The first-order valence-corrected chi connectivity index (χ1v) is 6.43. The number of aromatic amines is 2. The van der Waals surface area contributed by atoms with E-state index in [1.54, 1.807) is 12.4 Å². The van der Waals surface area contributed by atoms with Crippen LogP contribution in [0.5, 0.6) is 0 Å². The minimum atomic E-state index is -0.409. The lowest BCUT2D eigenvalue weighted by Gasteiger charge is -2.22. The van der Waals surface area contributed by atoms with E-state index in [0.29, 0.717) is 11.7 Å². The molecule has 0 spiro atoms. The molecule has 1 fully saturated rings. The molecular formula is C12H15N5O3. The molecule has 0 bridgehead atoms. The maximum atomic E-state index is 11.9. The predicted molar refractivity (Wildman–Crippen MR) is 70.7 cm³/mol. The average Bonchev–Trinajstić information content (AvgIpc) is 3.09. The van der Waals surface area contributed by atoms with Gasteiger partial charge in [0.25, 0.3) is 5.91 Å². The smallest absolute Gasteiger partial charge is 0.323 e. The normalized spacial score (nSPS) is 16.2. The minimum Gasteiger partial charge on any atom is -0.381 e. The number of rotatable bonds is 3. The SMILES string of the molecule is O=C(Nc1cnn(C2CCOCC2)c1)c1c[nH]c(=O)[nH]1. The molecule has 2 aromatic rings. The van der Waals surface area contributed by atoms with Gasteiger partial charge in [0.1, 0.15) is 5.69 Å². The second kappa shape index (κ2) is 5.33. The van der Waals surface area contributed by atoms with Crippen molar-refractivity contribution in [2.75, 3.05) is 18.5 Å². The summed E-state index contributed by atoms with van der Waals surface area (Å²) in [6, 6.07) is 0.307. The van der Waals surface area contributed by atoms with E-state index in [9.17, 15) is 9.59 Å². The molecule has 3 rings (SSSR count). The Labute approximate surface area is 114 Å². The zero-order chi connectivity index (χ0) is 13.9. The number of amides is 1. The fraction of sp³-hybridized carbons (Fsp3) is 0.417. The second-order valence-electron chi connectivity index (χ2n) is 4.66. The van der Waals surface area contributed by atoms with E-state index in [2.05, 4.69) is 20.4 Å². The van der Waals surface area contributed by atoms with Crippen LogP contribution in [0.4, 0.5) is 5.69 Å². The molecule has 20 heavy (non-hydrogen) atoms. The molecule has 1 aliphatic rings. The summed E-state index contributed by atoms with van der Waals surface area (Å²) in [6.07, 6.45) is 6.55. The topological polar surface area (TPSA) is 105 Å². The Hall–Kier alpha value is -2.35. The standard InChI is InChI=1S/C12H15N5O3/c18-11(10-6-13-12(19)16-10)15-8-5-14-17(7-8)9-1-3-20-4-2-9/h5-7,9H,1-4H2,(H,15,18)(H2,13,16,19). The number of nitrogens with zero attached hydrogens (tertiary/aromatic N) is 2. The summed E-state index contributed by atoms with van der Waals surface area (Å²) in [5.41, 5.74) is 0.380. The third kappa shape index (κ3) is 2.64. The van der Waals surface area contributed by atoms with Crippen LogP contribution < -0.4 is 11.0 Å². The van der Waals surface area contributed by atoms with Crippen LogP contribution in [0.1, 0.15) is 29.4 Å². The summed E-state index contributed by atoms with van der Waals surface area (Å²) < 4.78 is 7.15. The van der Waals surface area contributed by atoms with Gasteiger partial charge in [0.05, 0.1) is 17.9 Å². The Morgan fingerprint density at radius 2 is 2.25 bits per heavy atom. The van der Waals surface area contributed by atoms with E-state index in [1.165, 1.54) is 6.20 Å². The van der Waals surface area contributed by atoms with E-state index in [0.717, 1.165) is 26.1 Å². The second-order valence-corrected chi connectivity index (χ2v) is 4.66. The fourth-order valence-corrected chi connectivity index (χ4v) is 2.20. The van der Waals surface area contributed by atoms with Crippen LogP contribution in [0.15, 0.2) is 23.4 Å². The summed E-state index contributed by atoms with van der Waals surface area (Å²) in [6.45, 7) is 1.47. The van der Waals surface area contributed by atoms with Crippen molar-refractivity contribution in [2.24, 2.45) is 0 Å². The van der Waals surface area contributed by atoms with Crippen molar-refractivity contribution in [1.82, 2.24) is 19.7 Å². The number of hydrogen-bond donors (Lipinski definition) is 3. The zero-order valence-electron chi connectivity index (χ0n) is 10.8. The molecular weight excluding hydrogens is 262 g/mol. The number of nitrogens with one attached hydrogen (secondary N) is 3. The molecule has 0 unspecified atom stereocenters. The van der Waals surface area contributed by atoms with E-state index in [-0.39, 0.29) is 11.6 Å². The van der Waals surface area contributed by atoms with Crippen molar-refractivity contribution in [1.29, 1.82) is 0 Å². The number of hydrogen-bond acceptors (Lipinski definition) is 4. The van der Waals surface area contributed by atoms with Gasteiger partial charge >= 0.3 is 5.69 Å². The Balaban J connectivity index is 1.67. The first-order chi connectivity index (χ1) is 9.72. The van der Waals surface area contributed by atoms with Gasteiger partial charge in [-0.25, -0.2) is 4.79 Å². The monoisotopic (exact) mass is 277 g/mol. The number of carbonyl (C=O) groups excluding carboxylic acids is 1. The Kier molecular flexibility index (Phi) is 3.38. The van der Waals surface area contributed by atoms with Gasteiger partial charge in [-0.1, -0.05) is 0 Å². The molecule has 0 aromatic carbocycles. The van der Waals surface area contributed by atoms with Crippen molar-refractivity contribution in [3.05, 3.63) is 34.8 Å². The predicted octanol–water partition coefficient (Wildman–Crippen LogP) is 0.503. The van der Waals surface area contributed by atoms with E-state index in [1.807, 2.05) is 4.68 Å². The number of anilines is 1. The van der Waals surface area contributed by atoms with Gasteiger partial charge < -0.3 is 20.0 Å². The largest absolute Gasteiger partial charge is 0.381 e. The van der Waals surface area contributed by atoms with Crippen molar-refractivity contribution < 1.29 is 9.53 Å². The minimum absolute atomic E-state index is 0.189. The molecule has 0 aliphatic carbocycles. The molecule has 1 saturated heterocycles. The molecule has 0 saturated carbocycles. The molecule has 8 nitrogen and oxygen atoms in total. The van der Waals surface area contributed by atoms with Crippen LogP contribution in [0.2, 0.25) is 0 Å². The van der Waals surface area contributed by atoms with E-state index >= 15 is 0 Å². The first-order valence-electron chi connectivity index (χ1n) is 6.43. The number of carbonyl (C=O) groups is 1. The van der Waals surface area contributed by atoms with Crippen LogP contribution >= 0.6 is 0 Å². The van der Waals surface area contributed by atoms with Crippen molar-refractivity contribution in [2.45, 2.75) is 18.9 Å².